The third-order valence-corrected chi connectivity index (χ3v) is 6.56. The van der Waals surface area contributed by atoms with Crippen molar-refractivity contribution >= 4 is 5.91 Å². The Morgan fingerprint density at radius 3 is 2.26 bits per heavy atom. The molecule has 1 atom stereocenters. The van der Waals surface area contributed by atoms with Gasteiger partial charge >= 0.3 is 0 Å². The minimum absolute atomic E-state index is 0.0573. The minimum Gasteiger partial charge on any atom is -0.488 e. The Bertz CT molecular complexity index is 1200. The molecule has 0 aliphatic carbocycles. The van der Waals surface area contributed by atoms with Gasteiger partial charge < -0.3 is 15.4 Å². The van der Waals surface area contributed by atoms with Gasteiger partial charge in [-0.05, 0) is 58.7 Å². The summed E-state index contributed by atoms with van der Waals surface area (Å²) in [4.78, 5) is 14.3. The molecule has 34 heavy (non-hydrogen) atoms. The van der Waals surface area contributed by atoms with Crippen LogP contribution < -0.4 is 10.5 Å². The highest BCUT2D eigenvalue weighted by Gasteiger charge is 2.35. The van der Waals surface area contributed by atoms with Crippen LogP contribution >= 0.6 is 0 Å². The van der Waals surface area contributed by atoms with Crippen molar-refractivity contribution in [2.24, 2.45) is 5.73 Å². The fraction of sp³-hybridized carbons (Fsp3) is 0.296. The molecule has 0 radical (unpaired) electrons. The van der Waals surface area contributed by atoms with E-state index in [1.807, 2.05) is 18.2 Å². The SMILES string of the molecule is NCC1Cc2cc(-c3ccc(C(=O)N4CCC(F)(F)CC4)cc3)cc(-c3ccc(F)cc3)c2O1. The topological polar surface area (TPSA) is 55.6 Å². The number of likely N-dealkylation sites (tertiary alicyclic amines) is 1. The van der Waals surface area contributed by atoms with Gasteiger partial charge in [-0.1, -0.05) is 24.3 Å². The van der Waals surface area contributed by atoms with Gasteiger partial charge in [0.1, 0.15) is 17.7 Å². The average Bonchev–Trinajstić information content (AvgIpc) is 3.27. The van der Waals surface area contributed by atoms with Gasteiger partial charge in [0.05, 0.1) is 0 Å². The number of halogens is 3. The zero-order valence-corrected chi connectivity index (χ0v) is 18.6. The number of fused-ring (bicyclic) bond motifs is 1. The van der Waals surface area contributed by atoms with E-state index in [-0.39, 0.29) is 43.8 Å². The van der Waals surface area contributed by atoms with E-state index in [2.05, 4.69) is 6.07 Å². The largest absolute Gasteiger partial charge is 0.488 e. The molecule has 3 aromatic rings. The van der Waals surface area contributed by atoms with Crippen LogP contribution in [0.3, 0.4) is 0 Å². The molecule has 1 unspecified atom stereocenters. The highest BCUT2D eigenvalue weighted by Crippen LogP contribution is 2.42. The van der Waals surface area contributed by atoms with Crippen molar-refractivity contribution in [1.29, 1.82) is 0 Å². The van der Waals surface area contributed by atoms with Crippen molar-refractivity contribution < 1.29 is 22.7 Å². The van der Waals surface area contributed by atoms with Crippen LogP contribution in [-0.2, 0) is 6.42 Å². The summed E-state index contributed by atoms with van der Waals surface area (Å²) < 4.78 is 46.4. The summed E-state index contributed by atoms with van der Waals surface area (Å²) in [5.41, 5.74) is 10.9. The van der Waals surface area contributed by atoms with Crippen LogP contribution in [-0.4, -0.2) is 42.5 Å². The van der Waals surface area contributed by atoms with Crippen molar-refractivity contribution in [3.8, 4) is 28.0 Å². The van der Waals surface area contributed by atoms with Crippen LogP contribution in [0, 0.1) is 5.82 Å². The first kappa shape index (κ1) is 22.5. The minimum atomic E-state index is -2.69. The Hall–Kier alpha value is -3.32. The van der Waals surface area contributed by atoms with Crippen LogP contribution in [0.25, 0.3) is 22.3 Å². The highest BCUT2D eigenvalue weighted by atomic mass is 19.3. The summed E-state index contributed by atoms with van der Waals surface area (Å²) in [5, 5.41) is 0. The van der Waals surface area contributed by atoms with Crippen molar-refractivity contribution in [1.82, 2.24) is 4.90 Å². The van der Waals surface area contributed by atoms with Gasteiger partial charge in [0.15, 0.2) is 0 Å². The number of benzene rings is 3. The molecule has 0 aromatic heterocycles. The Kier molecular flexibility index (Phi) is 5.81. The van der Waals surface area contributed by atoms with Gasteiger partial charge in [-0.25, -0.2) is 13.2 Å². The molecule has 3 aromatic carbocycles. The second-order valence-electron chi connectivity index (χ2n) is 8.92. The molecule has 2 aliphatic rings. The zero-order chi connectivity index (χ0) is 23.9. The van der Waals surface area contributed by atoms with Gasteiger partial charge in [-0.3, -0.25) is 4.79 Å². The Balaban J connectivity index is 1.44. The molecular weight excluding hydrogens is 441 g/mol. The summed E-state index contributed by atoms with van der Waals surface area (Å²) >= 11 is 0. The Morgan fingerprint density at radius 2 is 1.62 bits per heavy atom. The molecule has 2 heterocycles. The number of piperidine rings is 1. The molecule has 1 amide bonds. The third-order valence-electron chi connectivity index (χ3n) is 6.56. The van der Waals surface area contributed by atoms with Gasteiger partial charge in [0.2, 0.25) is 0 Å². The van der Waals surface area contributed by atoms with Gasteiger partial charge in [0, 0.05) is 50.0 Å². The van der Waals surface area contributed by atoms with Crippen molar-refractivity contribution in [2.75, 3.05) is 19.6 Å². The summed E-state index contributed by atoms with van der Waals surface area (Å²) in [6.07, 6.45) is -0.0285. The number of hydrogen-bond acceptors (Lipinski definition) is 3. The summed E-state index contributed by atoms with van der Waals surface area (Å²) in [6.45, 7) is 0.510. The monoisotopic (exact) mass is 466 g/mol. The summed E-state index contributed by atoms with van der Waals surface area (Å²) in [6, 6.07) is 17.5. The predicted molar refractivity (Wildman–Crippen MR) is 125 cm³/mol. The third kappa shape index (κ3) is 4.40. The lowest BCUT2D eigenvalue weighted by Crippen LogP contribution is -2.42. The van der Waals surface area contributed by atoms with Gasteiger partial charge in [-0.15, -0.1) is 0 Å². The van der Waals surface area contributed by atoms with Crippen LogP contribution in [0.5, 0.6) is 5.75 Å². The first-order valence-corrected chi connectivity index (χ1v) is 11.4. The number of rotatable bonds is 4. The van der Waals surface area contributed by atoms with Crippen molar-refractivity contribution in [3.63, 3.8) is 0 Å². The van der Waals surface area contributed by atoms with Crippen molar-refractivity contribution in [2.45, 2.75) is 31.3 Å². The van der Waals surface area contributed by atoms with Gasteiger partial charge in [-0.2, -0.15) is 0 Å². The fourth-order valence-electron chi connectivity index (χ4n) is 4.60. The quantitative estimate of drug-likeness (QED) is 0.568. The van der Waals surface area contributed by atoms with Crippen LogP contribution in [0.4, 0.5) is 13.2 Å². The van der Waals surface area contributed by atoms with Crippen LogP contribution in [0.1, 0.15) is 28.8 Å². The number of ether oxygens (including phenoxy) is 1. The molecule has 176 valence electrons. The maximum atomic E-state index is 13.5. The number of amides is 1. The molecule has 2 N–H and O–H groups in total. The van der Waals surface area contributed by atoms with E-state index in [4.69, 9.17) is 10.5 Å². The van der Waals surface area contributed by atoms with Crippen LogP contribution in [0.15, 0.2) is 60.7 Å². The first-order valence-electron chi connectivity index (χ1n) is 11.4. The lowest BCUT2D eigenvalue weighted by Gasteiger charge is -2.31. The van der Waals surface area contributed by atoms with E-state index in [1.54, 1.807) is 24.3 Å². The van der Waals surface area contributed by atoms with E-state index in [9.17, 15) is 18.0 Å². The smallest absolute Gasteiger partial charge is 0.253 e. The molecule has 4 nitrogen and oxygen atoms in total. The van der Waals surface area contributed by atoms with Gasteiger partial charge in [0.25, 0.3) is 11.8 Å². The second kappa shape index (κ2) is 8.80. The maximum absolute atomic E-state index is 13.5. The summed E-state index contributed by atoms with van der Waals surface area (Å²) in [5.74, 6) is -2.47. The normalized spacial score (nSPS) is 18.9. The lowest BCUT2D eigenvalue weighted by atomic mass is 9.93. The molecular formula is C27H25F3N2O2. The van der Waals surface area contributed by atoms with E-state index >= 15 is 0 Å². The second-order valence-corrected chi connectivity index (χ2v) is 8.92. The summed E-state index contributed by atoms with van der Waals surface area (Å²) in [7, 11) is 0. The van der Waals surface area contributed by atoms with Crippen LogP contribution in [0.2, 0.25) is 0 Å². The standard InChI is InChI=1S/C27H25F3N2O2/c28-22-7-5-18(6-8-22)24-15-20(13-21-14-23(16-31)34-25(21)24)17-1-3-19(4-2-17)26(33)32-11-9-27(29,30)10-12-32/h1-8,13,15,23H,9-12,14,16,31H2. The molecule has 5 rings (SSSR count). The highest BCUT2D eigenvalue weighted by molar-refractivity contribution is 5.95. The number of carbonyl (C=O) groups is 1. The lowest BCUT2D eigenvalue weighted by molar-refractivity contribution is -0.0494. The number of nitrogens with zero attached hydrogens (tertiary/aromatic N) is 1. The Morgan fingerprint density at radius 1 is 0.971 bits per heavy atom. The maximum Gasteiger partial charge on any atom is 0.253 e. The predicted octanol–water partition coefficient (Wildman–Crippen LogP) is 5.29. The van der Waals surface area contributed by atoms with E-state index in [0.717, 1.165) is 33.6 Å². The first-order chi connectivity index (χ1) is 16.3. The molecule has 0 spiro atoms. The number of nitrogens with two attached hydrogens (primary N) is 1. The molecule has 7 heteroatoms. The Labute approximate surface area is 196 Å². The molecule has 1 fully saturated rings. The molecule has 0 bridgehead atoms. The van der Waals surface area contributed by atoms with E-state index < -0.39 is 5.92 Å². The van der Waals surface area contributed by atoms with Crippen molar-refractivity contribution in [3.05, 3.63) is 77.6 Å². The molecule has 0 saturated carbocycles. The molecule has 2 aliphatic heterocycles. The number of alkyl halides is 2. The van der Waals surface area contributed by atoms with E-state index in [1.165, 1.54) is 17.0 Å². The molecule has 1 saturated heterocycles. The number of carbonyl (C=O) groups excluding carboxylic acids is 1. The average molecular weight is 467 g/mol. The zero-order valence-electron chi connectivity index (χ0n) is 18.6. The number of hydrogen-bond donors (Lipinski definition) is 1. The van der Waals surface area contributed by atoms with E-state index in [0.29, 0.717) is 18.5 Å². The fourth-order valence-corrected chi connectivity index (χ4v) is 4.60.